The smallest absolute Gasteiger partial charge is 0.338 e. The van der Waals surface area contributed by atoms with Gasteiger partial charge in [0.15, 0.2) is 0 Å². The van der Waals surface area contributed by atoms with Crippen molar-refractivity contribution in [3.63, 3.8) is 0 Å². The summed E-state index contributed by atoms with van der Waals surface area (Å²) in [6, 6.07) is 14.0. The normalized spacial score (nSPS) is 10.4. The van der Waals surface area contributed by atoms with Crippen LogP contribution < -0.4 is 4.74 Å². The highest BCUT2D eigenvalue weighted by Gasteiger charge is 2.08. The molecule has 122 valence electrons. The van der Waals surface area contributed by atoms with Gasteiger partial charge in [-0.25, -0.2) is 14.5 Å². The molecule has 0 spiro atoms. The molecule has 3 aromatic rings. The van der Waals surface area contributed by atoms with Gasteiger partial charge in [-0.2, -0.15) is 5.10 Å². The van der Waals surface area contributed by atoms with E-state index in [-0.39, 0.29) is 13.2 Å². The first-order valence-electron chi connectivity index (χ1n) is 7.23. The van der Waals surface area contributed by atoms with E-state index in [0.717, 1.165) is 5.69 Å². The summed E-state index contributed by atoms with van der Waals surface area (Å²) in [6.45, 7) is 0.362. The highest BCUT2D eigenvalue weighted by Crippen LogP contribution is 2.22. The van der Waals surface area contributed by atoms with Crippen molar-refractivity contribution in [2.45, 2.75) is 0 Å². The van der Waals surface area contributed by atoms with E-state index in [1.165, 1.54) is 6.33 Å². The van der Waals surface area contributed by atoms with E-state index in [4.69, 9.17) is 21.1 Å². The maximum absolute atomic E-state index is 12.0. The van der Waals surface area contributed by atoms with Crippen LogP contribution in [0.4, 0.5) is 0 Å². The average molecular weight is 344 g/mol. The van der Waals surface area contributed by atoms with Gasteiger partial charge in [-0.15, -0.1) is 0 Å². The fraction of sp³-hybridized carbons (Fsp3) is 0.118. The number of carbonyl (C=O) groups is 1. The van der Waals surface area contributed by atoms with E-state index in [1.807, 2.05) is 12.1 Å². The minimum Gasteiger partial charge on any atom is -0.488 e. The molecule has 0 atom stereocenters. The van der Waals surface area contributed by atoms with Crippen LogP contribution in [0, 0.1) is 0 Å². The Morgan fingerprint density at radius 3 is 2.58 bits per heavy atom. The zero-order chi connectivity index (χ0) is 16.8. The molecule has 0 saturated heterocycles. The largest absolute Gasteiger partial charge is 0.488 e. The van der Waals surface area contributed by atoms with Crippen molar-refractivity contribution in [1.29, 1.82) is 0 Å². The number of ether oxygens (including phenoxy) is 2. The molecule has 2 aromatic carbocycles. The van der Waals surface area contributed by atoms with Gasteiger partial charge in [0.05, 0.1) is 16.3 Å². The molecule has 3 rings (SSSR count). The Morgan fingerprint density at radius 1 is 1.08 bits per heavy atom. The van der Waals surface area contributed by atoms with Gasteiger partial charge < -0.3 is 9.47 Å². The first-order chi connectivity index (χ1) is 11.7. The zero-order valence-electron chi connectivity index (χ0n) is 12.6. The fourth-order valence-corrected chi connectivity index (χ4v) is 2.21. The Balaban J connectivity index is 1.49. The van der Waals surface area contributed by atoms with E-state index >= 15 is 0 Å². The van der Waals surface area contributed by atoms with Gasteiger partial charge in [-0.05, 0) is 36.4 Å². The van der Waals surface area contributed by atoms with Crippen LogP contribution in [0.15, 0.2) is 61.2 Å². The number of benzene rings is 2. The predicted molar refractivity (Wildman–Crippen MR) is 88.6 cm³/mol. The Bertz CT molecular complexity index is 804. The van der Waals surface area contributed by atoms with Crippen LogP contribution in [0.1, 0.15) is 10.4 Å². The van der Waals surface area contributed by atoms with Crippen molar-refractivity contribution in [2.24, 2.45) is 0 Å². The van der Waals surface area contributed by atoms with Crippen molar-refractivity contribution in [3.05, 3.63) is 71.8 Å². The second kappa shape index (κ2) is 7.61. The maximum Gasteiger partial charge on any atom is 0.338 e. The Labute approximate surface area is 143 Å². The van der Waals surface area contributed by atoms with E-state index < -0.39 is 5.97 Å². The lowest BCUT2D eigenvalue weighted by Crippen LogP contribution is -2.12. The summed E-state index contributed by atoms with van der Waals surface area (Å²) < 4.78 is 12.2. The standard InChI is InChI=1S/C17H14ClN3O3/c18-15-3-1-2-4-16(15)23-9-10-24-17(22)13-5-7-14(8-6-13)21-12-19-11-20-21/h1-8,11-12H,9-10H2. The molecule has 0 amide bonds. The van der Waals surface area contributed by atoms with E-state index in [1.54, 1.807) is 47.4 Å². The van der Waals surface area contributed by atoms with Gasteiger partial charge >= 0.3 is 5.97 Å². The van der Waals surface area contributed by atoms with Gasteiger partial charge in [0.25, 0.3) is 0 Å². The molecule has 0 aliphatic rings. The SMILES string of the molecule is O=C(OCCOc1ccccc1Cl)c1ccc(-n2cncn2)cc1. The van der Waals surface area contributed by atoms with Crippen molar-refractivity contribution < 1.29 is 14.3 Å². The number of aromatic nitrogens is 3. The number of hydrogen-bond acceptors (Lipinski definition) is 5. The van der Waals surface area contributed by atoms with Gasteiger partial charge in [-0.3, -0.25) is 0 Å². The average Bonchev–Trinajstić information content (AvgIpc) is 3.15. The molecule has 0 N–H and O–H groups in total. The first-order valence-corrected chi connectivity index (χ1v) is 7.61. The number of nitrogens with zero attached hydrogens (tertiary/aromatic N) is 3. The van der Waals surface area contributed by atoms with Crippen LogP contribution in [0.25, 0.3) is 5.69 Å². The van der Waals surface area contributed by atoms with Gasteiger partial charge in [-0.1, -0.05) is 23.7 Å². The van der Waals surface area contributed by atoms with Crippen LogP contribution in [-0.4, -0.2) is 33.9 Å². The lowest BCUT2D eigenvalue weighted by molar-refractivity contribution is 0.0450. The molecule has 0 aliphatic carbocycles. The minimum atomic E-state index is -0.414. The van der Waals surface area contributed by atoms with Gasteiger partial charge in [0.1, 0.15) is 31.6 Å². The lowest BCUT2D eigenvalue weighted by Gasteiger charge is -2.09. The Hall–Kier alpha value is -2.86. The topological polar surface area (TPSA) is 66.2 Å². The number of rotatable bonds is 6. The first kappa shape index (κ1) is 16.0. The number of halogens is 1. The summed E-state index contributed by atoms with van der Waals surface area (Å²) in [5.41, 5.74) is 1.27. The molecule has 6 nitrogen and oxygen atoms in total. The Morgan fingerprint density at radius 2 is 1.88 bits per heavy atom. The number of hydrogen-bond donors (Lipinski definition) is 0. The molecule has 0 saturated carbocycles. The third kappa shape index (κ3) is 3.91. The third-order valence-corrected chi connectivity index (χ3v) is 3.51. The minimum absolute atomic E-state index is 0.134. The monoisotopic (exact) mass is 343 g/mol. The maximum atomic E-state index is 12.0. The van der Waals surface area contributed by atoms with E-state index in [0.29, 0.717) is 16.3 Å². The van der Waals surface area contributed by atoms with Gasteiger partial charge in [0, 0.05) is 0 Å². The van der Waals surface area contributed by atoms with Crippen molar-refractivity contribution in [3.8, 4) is 11.4 Å². The second-order valence-corrected chi connectivity index (χ2v) is 5.21. The molecular weight excluding hydrogens is 330 g/mol. The quantitative estimate of drug-likeness (QED) is 0.508. The summed E-state index contributed by atoms with van der Waals surface area (Å²) in [7, 11) is 0. The number of esters is 1. The molecular formula is C17H14ClN3O3. The fourth-order valence-electron chi connectivity index (χ4n) is 2.02. The van der Waals surface area contributed by atoms with Crippen molar-refractivity contribution in [2.75, 3.05) is 13.2 Å². The predicted octanol–water partition coefficient (Wildman–Crippen LogP) is 3.16. The molecule has 24 heavy (non-hydrogen) atoms. The molecule has 0 fully saturated rings. The summed E-state index contributed by atoms with van der Waals surface area (Å²) >= 11 is 5.97. The highest BCUT2D eigenvalue weighted by molar-refractivity contribution is 6.32. The van der Waals surface area contributed by atoms with Crippen molar-refractivity contribution in [1.82, 2.24) is 14.8 Å². The van der Waals surface area contributed by atoms with Crippen LogP contribution in [0.3, 0.4) is 0 Å². The van der Waals surface area contributed by atoms with Crippen LogP contribution in [0.2, 0.25) is 5.02 Å². The Kier molecular flexibility index (Phi) is 5.08. The number of carbonyl (C=O) groups excluding carboxylic acids is 1. The molecule has 0 aliphatic heterocycles. The zero-order valence-corrected chi connectivity index (χ0v) is 13.4. The highest BCUT2D eigenvalue weighted by atomic mass is 35.5. The van der Waals surface area contributed by atoms with Crippen LogP contribution in [-0.2, 0) is 4.74 Å². The molecule has 0 radical (unpaired) electrons. The molecule has 0 bridgehead atoms. The van der Waals surface area contributed by atoms with Crippen molar-refractivity contribution >= 4 is 17.6 Å². The molecule has 1 aromatic heterocycles. The van der Waals surface area contributed by atoms with Gasteiger partial charge in [0.2, 0.25) is 0 Å². The third-order valence-electron chi connectivity index (χ3n) is 3.20. The molecule has 7 heteroatoms. The molecule has 0 unspecified atom stereocenters. The summed E-state index contributed by atoms with van der Waals surface area (Å²) in [5, 5.41) is 4.54. The lowest BCUT2D eigenvalue weighted by atomic mass is 10.2. The summed E-state index contributed by atoms with van der Waals surface area (Å²) in [4.78, 5) is 15.9. The van der Waals surface area contributed by atoms with E-state index in [9.17, 15) is 4.79 Å². The van der Waals surface area contributed by atoms with Crippen LogP contribution >= 0.6 is 11.6 Å². The summed E-state index contributed by atoms with van der Waals surface area (Å²) in [5.74, 6) is 0.148. The summed E-state index contributed by atoms with van der Waals surface area (Å²) in [6.07, 6.45) is 3.03. The number of para-hydroxylation sites is 1. The van der Waals surface area contributed by atoms with E-state index in [2.05, 4.69) is 10.1 Å². The second-order valence-electron chi connectivity index (χ2n) is 4.80. The van der Waals surface area contributed by atoms with Crippen LogP contribution in [0.5, 0.6) is 5.75 Å². The molecule has 1 heterocycles.